The summed E-state index contributed by atoms with van der Waals surface area (Å²) in [5.41, 5.74) is 12.1. The van der Waals surface area contributed by atoms with Crippen LogP contribution in [0.15, 0.2) is 162 Å². The van der Waals surface area contributed by atoms with Gasteiger partial charge in [0.05, 0.1) is 11.0 Å². The predicted molar refractivity (Wildman–Crippen MR) is 207 cm³/mol. The molecule has 0 aliphatic rings. The zero-order valence-electron chi connectivity index (χ0n) is 27.2. The monoisotopic (exact) mass is 653 g/mol. The highest BCUT2D eigenvalue weighted by molar-refractivity contribution is 6.15. The van der Waals surface area contributed by atoms with E-state index in [1.165, 1.54) is 5.39 Å². The van der Waals surface area contributed by atoms with E-state index in [9.17, 15) is 0 Å². The molecular formula is C45H27N5O. The molecule has 51 heavy (non-hydrogen) atoms. The highest BCUT2D eigenvalue weighted by atomic mass is 16.3. The van der Waals surface area contributed by atoms with Gasteiger partial charge in [-0.25, -0.2) is 15.0 Å². The fraction of sp³-hybridized carbons (Fsp3) is 0. The quantitative estimate of drug-likeness (QED) is 0.205. The number of aromatic nitrogens is 5. The van der Waals surface area contributed by atoms with Crippen LogP contribution in [0, 0.1) is 0 Å². The number of furan rings is 1. The molecule has 0 fully saturated rings. The van der Waals surface area contributed by atoms with E-state index in [2.05, 4.69) is 131 Å². The molecule has 0 spiro atoms. The van der Waals surface area contributed by atoms with Gasteiger partial charge in [0.15, 0.2) is 11.4 Å². The van der Waals surface area contributed by atoms with Crippen LogP contribution >= 0.6 is 0 Å². The summed E-state index contributed by atoms with van der Waals surface area (Å²) in [4.78, 5) is 19.2. The summed E-state index contributed by atoms with van der Waals surface area (Å²) >= 11 is 0. The van der Waals surface area contributed by atoms with Crippen LogP contribution in [0.3, 0.4) is 0 Å². The van der Waals surface area contributed by atoms with Crippen molar-refractivity contribution in [2.75, 3.05) is 0 Å². The average molecular weight is 654 g/mol. The summed E-state index contributed by atoms with van der Waals surface area (Å²) in [5.74, 6) is 0.616. The number of aromatic amines is 1. The number of pyridine rings is 1. The molecule has 0 bridgehead atoms. The van der Waals surface area contributed by atoms with Crippen molar-refractivity contribution < 1.29 is 4.42 Å². The van der Waals surface area contributed by atoms with Crippen molar-refractivity contribution in [1.29, 1.82) is 0 Å². The molecule has 0 aliphatic heterocycles. The maximum absolute atomic E-state index is 6.57. The fourth-order valence-electron chi connectivity index (χ4n) is 7.70. The first kappa shape index (κ1) is 27.9. The van der Waals surface area contributed by atoms with Gasteiger partial charge in [-0.15, -0.1) is 0 Å². The SMILES string of the molecule is c1ccc(-c2cc(-c3nc(-c4cccc5c4[nH]c4ccccc45)c4oc5ccccc5c4n3)cc(-n3c4ccccc4c4cccnc43)c2)cc1. The van der Waals surface area contributed by atoms with E-state index in [1.54, 1.807) is 0 Å². The third-order valence-corrected chi connectivity index (χ3v) is 9.99. The molecule has 5 aromatic heterocycles. The molecule has 0 saturated heterocycles. The average Bonchev–Trinajstić information content (AvgIpc) is 3.87. The number of nitrogens with zero attached hydrogens (tertiary/aromatic N) is 4. The van der Waals surface area contributed by atoms with Crippen molar-refractivity contribution in [1.82, 2.24) is 24.5 Å². The largest absolute Gasteiger partial charge is 0.452 e. The summed E-state index contributed by atoms with van der Waals surface area (Å²) in [5, 5.41) is 5.52. The van der Waals surface area contributed by atoms with Crippen LogP contribution in [0.5, 0.6) is 0 Å². The van der Waals surface area contributed by atoms with Crippen LogP contribution in [-0.4, -0.2) is 24.5 Å². The Morgan fingerprint density at radius 1 is 0.549 bits per heavy atom. The Balaban J connectivity index is 1.23. The van der Waals surface area contributed by atoms with E-state index in [-0.39, 0.29) is 0 Å². The molecule has 6 aromatic carbocycles. The second-order valence-electron chi connectivity index (χ2n) is 12.9. The minimum absolute atomic E-state index is 0.616. The van der Waals surface area contributed by atoms with Crippen LogP contribution in [0.2, 0.25) is 0 Å². The van der Waals surface area contributed by atoms with Crippen LogP contribution < -0.4 is 0 Å². The Kier molecular flexibility index (Phi) is 5.86. The molecule has 0 saturated carbocycles. The van der Waals surface area contributed by atoms with Gasteiger partial charge in [0, 0.05) is 55.5 Å². The standard InChI is InChI=1S/C45H27N5O/c1-2-12-27(13-3-1)28-24-29(26-30(25-28)50-38-21-8-5-15-32(38)34-19-11-23-46-45(34)50)44-48-41-35-16-6-9-22-39(35)51-43(41)42(49-44)36-18-10-17-33-31-14-4-7-20-37(31)47-40(33)36/h1-26,47H. The number of hydrogen-bond donors (Lipinski definition) is 1. The Bertz CT molecular complexity index is 3100. The molecule has 1 N–H and O–H groups in total. The van der Waals surface area contributed by atoms with Crippen molar-refractivity contribution in [2.45, 2.75) is 0 Å². The van der Waals surface area contributed by atoms with E-state index < -0.39 is 0 Å². The Labute approximate surface area is 291 Å². The summed E-state index contributed by atoms with van der Waals surface area (Å²) in [6.07, 6.45) is 1.86. The van der Waals surface area contributed by atoms with E-state index >= 15 is 0 Å². The lowest BCUT2D eigenvalue weighted by atomic mass is 10.0. The van der Waals surface area contributed by atoms with Gasteiger partial charge in [-0.05, 0) is 65.7 Å². The predicted octanol–water partition coefficient (Wildman–Crippen LogP) is 11.5. The molecule has 0 aliphatic carbocycles. The van der Waals surface area contributed by atoms with Crippen molar-refractivity contribution >= 4 is 65.8 Å². The Morgan fingerprint density at radius 3 is 2.22 bits per heavy atom. The van der Waals surface area contributed by atoms with Gasteiger partial charge in [0.2, 0.25) is 0 Å². The van der Waals surface area contributed by atoms with E-state index in [0.29, 0.717) is 11.4 Å². The summed E-state index contributed by atoms with van der Waals surface area (Å²) in [6, 6.07) is 52.6. The lowest BCUT2D eigenvalue weighted by Gasteiger charge is -2.14. The minimum atomic E-state index is 0.616. The van der Waals surface area contributed by atoms with Gasteiger partial charge < -0.3 is 9.40 Å². The number of fused-ring (bicyclic) bond motifs is 9. The first-order valence-electron chi connectivity index (χ1n) is 17.0. The summed E-state index contributed by atoms with van der Waals surface area (Å²) < 4.78 is 8.82. The lowest BCUT2D eigenvalue weighted by molar-refractivity contribution is 0.667. The van der Waals surface area contributed by atoms with Crippen molar-refractivity contribution in [3.63, 3.8) is 0 Å². The van der Waals surface area contributed by atoms with Crippen LogP contribution in [0.25, 0.3) is 105 Å². The van der Waals surface area contributed by atoms with Gasteiger partial charge in [0.1, 0.15) is 22.4 Å². The molecule has 6 nitrogen and oxygen atoms in total. The third-order valence-electron chi connectivity index (χ3n) is 9.99. The molecule has 11 aromatic rings. The van der Waals surface area contributed by atoms with Crippen LogP contribution in [0.1, 0.15) is 0 Å². The van der Waals surface area contributed by atoms with E-state index in [4.69, 9.17) is 19.4 Å². The molecular weight excluding hydrogens is 627 g/mol. The first-order chi connectivity index (χ1) is 25.3. The summed E-state index contributed by atoms with van der Waals surface area (Å²) in [7, 11) is 0. The Morgan fingerprint density at radius 2 is 1.29 bits per heavy atom. The Hall–Kier alpha value is -7.05. The van der Waals surface area contributed by atoms with Crippen LogP contribution in [-0.2, 0) is 0 Å². The third kappa shape index (κ3) is 4.20. The number of H-pyrrole nitrogens is 1. The molecule has 0 unspecified atom stereocenters. The summed E-state index contributed by atoms with van der Waals surface area (Å²) in [6.45, 7) is 0. The molecule has 0 amide bonds. The van der Waals surface area contributed by atoms with Crippen molar-refractivity contribution in [2.24, 2.45) is 0 Å². The van der Waals surface area contributed by atoms with E-state index in [1.807, 2.05) is 36.5 Å². The number of rotatable bonds is 4. The number of para-hydroxylation sites is 4. The van der Waals surface area contributed by atoms with Gasteiger partial charge in [0.25, 0.3) is 0 Å². The minimum Gasteiger partial charge on any atom is -0.452 e. The maximum atomic E-state index is 6.57. The van der Waals surface area contributed by atoms with Gasteiger partial charge in [-0.3, -0.25) is 4.57 Å². The normalized spacial score (nSPS) is 11.9. The van der Waals surface area contributed by atoms with Crippen molar-refractivity contribution in [3.8, 4) is 39.5 Å². The molecule has 6 heteroatoms. The van der Waals surface area contributed by atoms with E-state index in [0.717, 1.165) is 88.5 Å². The smallest absolute Gasteiger partial charge is 0.180 e. The number of benzene rings is 6. The lowest BCUT2D eigenvalue weighted by Crippen LogP contribution is -1.99. The second-order valence-corrected chi connectivity index (χ2v) is 12.9. The number of nitrogens with one attached hydrogen (secondary N) is 1. The highest BCUT2D eigenvalue weighted by Gasteiger charge is 2.22. The zero-order chi connectivity index (χ0) is 33.5. The molecule has 11 rings (SSSR count). The van der Waals surface area contributed by atoms with Crippen LogP contribution in [0.4, 0.5) is 0 Å². The maximum Gasteiger partial charge on any atom is 0.180 e. The highest BCUT2D eigenvalue weighted by Crippen LogP contribution is 2.41. The van der Waals surface area contributed by atoms with Gasteiger partial charge >= 0.3 is 0 Å². The second kappa shape index (κ2) is 10.7. The number of hydrogen-bond acceptors (Lipinski definition) is 4. The molecule has 5 heterocycles. The molecule has 0 atom stereocenters. The van der Waals surface area contributed by atoms with Crippen molar-refractivity contribution in [3.05, 3.63) is 158 Å². The molecule has 238 valence electrons. The first-order valence-corrected chi connectivity index (χ1v) is 17.0. The van der Waals surface area contributed by atoms with Gasteiger partial charge in [-0.2, -0.15) is 0 Å². The molecule has 0 radical (unpaired) electrons. The zero-order valence-corrected chi connectivity index (χ0v) is 27.2. The fourth-order valence-corrected chi connectivity index (χ4v) is 7.70. The van der Waals surface area contributed by atoms with Gasteiger partial charge in [-0.1, -0.05) is 97.1 Å². The topological polar surface area (TPSA) is 72.5 Å².